The number of hydrogen-bond acceptors (Lipinski definition) is 3. The van der Waals surface area contributed by atoms with Gasteiger partial charge in [0.05, 0.1) is 6.54 Å². The third kappa shape index (κ3) is 1.92. The summed E-state index contributed by atoms with van der Waals surface area (Å²) in [6.45, 7) is 4.53. The van der Waals surface area contributed by atoms with Crippen LogP contribution in [0.2, 0.25) is 0 Å². The first kappa shape index (κ1) is 9.93. The Bertz CT molecular complexity index is 474. The van der Waals surface area contributed by atoms with E-state index in [4.69, 9.17) is 10.3 Å². The molecule has 1 heterocycles. The molecule has 0 spiro atoms. The highest BCUT2D eigenvalue weighted by Gasteiger charge is 2.07. The molecule has 15 heavy (non-hydrogen) atoms. The molecule has 3 nitrogen and oxygen atoms in total. The third-order valence-corrected chi connectivity index (χ3v) is 2.42. The number of hydrogen-bond donors (Lipinski definition) is 1. The molecule has 0 amide bonds. The molecule has 78 valence electrons. The molecule has 0 saturated heterocycles. The summed E-state index contributed by atoms with van der Waals surface area (Å²) in [5.41, 5.74) is 9.87. The molecule has 2 rings (SSSR count). The first-order valence-corrected chi connectivity index (χ1v) is 4.94. The van der Waals surface area contributed by atoms with Gasteiger partial charge in [-0.2, -0.15) is 0 Å². The van der Waals surface area contributed by atoms with Crippen LogP contribution in [0.5, 0.6) is 0 Å². The van der Waals surface area contributed by atoms with E-state index in [1.807, 2.05) is 6.07 Å². The maximum absolute atomic E-state index is 5.47. The van der Waals surface area contributed by atoms with Gasteiger partial charge in [0.25, 0.3) is 0 Å². The normalized spacial score (nSPS) is 10.6. The second kappa shape index (κ2) is 3.87. The van der Waals surface area contributed by atoms with Gasteiger partial charge in [-0.05, 0) is 19.4 Å². The van der Waals surface area contributed by atoms with Crippen molar-refractivity contribution >= 4 is 0 Å². The molecule has 0 aliphatic carbocycles. The topological polar surface area (TPSA) is 52.0 Å². The molecule has 0 atom stereocenters. The number of aromatic nitrogens is 1. The van der Waals surface area contributed by atoms with Gasteiger partial charge in [0, 0.05) is 11.6 Å². The standard InChI is InChI=1S/C12H14N2O/c1-8-3-4-11(9(2)5-8)12-6-10(7-13)15-14-12/h3-6H,7,13H2,1-2H3. The summed E-state index contributed by atoms with van der Waals surface area (Å²) in [5, 5.41) is 3.99. The zero-order valence-corrected chi connectivity index (χ0v) is 8.95. The van der Waals surface area contributed by atoms with E-state index in [-0.39, 0.29) is 0 Å². The molecule has 0 bridgehead atoms. The maximum Gasteiger partial charge on any atom is 0.150 e. The van der Waals surface area contributed by atoms with Gasteiger partial charge in [-0.3, -0.25) is 0 Å². The van der Waals surface area contributed by atoms with Gasteiger partial charge in [0.2, 0.25) is 0 Å². The summed E-state index contributed by atoms with van der Waals surface area (Å²) in [5.74, 6) is 0.713. The fourth-order valence-corrected chi connectivity index (χ4v) is 1.64. The van der Waals surface area contributed by atoms with Gasteiger partial charge in [-0.15, -0.1) is 0 Å². The number of nitrogens with zero attached hydrogens (tertiary/aromatic N) is 1. The number of rotatable bonds is 2. The summed E-state index contributed by atoms with van der Waals surface area (Å²) in [6.07, 6.45) is 0. The van der Waals surface area contributed by atoms with Crippen LogP contribution in [-0.4, -0.2) is 5.16 Å². The summed E-state index contributed by atoms with van der Waals surface area (Å²) in [4.78, 5) is 0. The molecule has 0 unspecified atom stereocenters. The van der Waals surface area contributed by atoms with Gasteiger partial charge in [0.15, 0.2) is 5.76 Å². The van der Waals surface area contributed by atoms with Crippen LogP contribution in [0, 0.1) is 13.8 Å². The Morgan fingerprint density at radius 3 is 2.67 bits per heavy atom. The van der Waals surface area contributed by atoms with Gasteiger partial charge in [0.1, 0.15) is 5.69 Å². The van der Waals surface area contributed by atoms with Crippen molar-refractivity contribution in [3.8, 4) is 11.3 Å². The maximum atomic E-state index is 5.47. The van der Waals surface area contributed by atoms with Crippen LogP contribution < -0.4 is 5.73 Å². The molecule has 0 aliphatic rings. The van der Waals surface area contributed by atoms with Gasteiger partial charge in [-0.25, -0.2) is 0 Å². The summed E-state index contributed by atoms with van der Waals surface area (Å²) >= 11 is 0. The van der Waals surface area contributed by atoms with Crippen molar-refractivity contribution in [3.05, 3.63) is 41.2 Å². The van der Waals surface area contributed by atoms with Crippen molar-refractivity contribution in [1.82, 2.24) is 5.16 Å². The quantitative estimate of drug-likeness (QED) is 0.813. The minimum atomic E-state index is 0.387. The van der Waals surface area contributed by atoms with Crippen molar-refractivity contribution < 1.29 is 4.52 Å². The van der Waals surface area contributed by atoms with Crippen molar-refractivity contribution in [3.63, 3.8) is 0 Å². The Hall–Kier alpha value is -1.61. The largest absolute Gasteiger partial charge is 0.359 e. The van der Waals surface area contributed by atoms with E-state index in [9.17, 15) is 0 Å². The predicted molar refractivity (Wildman–Crippen MR) is 59.3 cm³/mol. The lowest BCUT2D eigenvalue weighted by Gasteiger charge is -2.02. The smallest absolute Gasteiger partial charge is 0.150 e. The van der Waals surface area contributed by atoms with Gasteiger partial charge < -0.3 is 10.3 Å². The summed E-state index contributed by atoms with van der Waals surface area (Å²) in [6, 6.07) is 8.14. The van der Waals surface area contributed by atoms with E-state index >= 15 is 0 Å². The van der Waals surface area contributed by atoms with E-state index in [1.54, 1.807) is 0 Å². The van der Waals surface area contributed by atoms with Crippen molar-refractivity contribution in [2.45, 2.75) is 20.4 Å². The molecular formula is C12H14N2O. The Labute approximate surface area is 88.9 Å². The van der Waals surface area contributed by atoms with Crippen LogP contribution >= 0.6 is 0 Å². The third-order valence-electron chi connectivity index (χ3n) is 2.42. The molecule has 1 aromatic carbocycles. The number of aryl methyl sites for hydroxylation is 2. The van der Waals surface area contributed by atoms with Gasteiger partial charge >= 0.3 is 0 Å². The fraction of sp³-hybridized carbons (Fsp3) is 0.250. The summed E-state index contributed by atoms with van der Waals surface area (Å²) < 4.78 is 5.08. The van der Waals surface area contributed by atoms with Crippen LogP contribution in [0.4, 0.5) is 0 Å². The van der Waals surface area contributed by atoms with Crippen LogP contribution in [0.15, 0.2) is 28.8 Å². The molecular weight excluding hydrogens is 188 g/mol. The lowest BCUT2D eigenvalue weighted by atomic mass is 10.0. The molecule has 0 aliphatic heterocycles. The molecule has 0 saturated carbocycles. The van der Waals surface area contributed by atoms with Crippen LogP contribution in [0.1, 0.15) is 16.9 Å². The first-order chi connectivity index (χ1) is 7.20. The molecule has 1 aromatic heterocycles. The first-order valence-electron chi connectivity index (χ1n) is 4.94. The molecule has 3 heteroatoms. The minimum Gasteiger partial charge on any atom is -0.359 e. The average Bonchev–Trinajstić information content (AvgIpc) is 2.66. The minimum absolute atomic E-state index is 0.387. The Balaban J connectivity index is 2.44. The average molecular weight is 202 g/mol. The van der Waals surface area contributed by atoms with Crippen molar-refractivity contribution in [1.29, 1.82) is 0 Å². The lowest BCUT2D eigenvalue weighted by molar-refractivity contribution is 0.387. The molecule has 2 aromatic rings. The zero-order valence-electron chi connectivity index (χ0n) is 8.95. The molecule has 0 fully saturated rings. The number of nitrogens with two attached hydrogens (primary N) is 1. The second-order valence-electron chi connectivity index (χ2n) is 3.70. The van der Waals surface area contributed by atoms with E-state index in [0.29, 0.717) is 12.3 Å². The summed E-state index contributed by atoms with van der Waals surface area (Å²) in [7, 11) is 0. The molecule has 2 N–H and O–H groups in total. The van der Waals surface area contributed by atoms with E-state index in [1.165, 1.54) is 11.1 Å². The van der Waals surface area contributed by atoms with Crippen molar-refractivity contribution in [2.24, 2.45) is 5.73 Å². The Kier molecular flexibility index (Phi) is 2.56. The predicted octanol–water partition coefficient (Wildman–Crippen LogP) is 2.42. The van der Waals surface area contributed by atoms with Crippen LogP contribution in [0.3, 0.4) is 0 Å². The number of benzene rings is 1. The van der Waals surface area contributed by atoms with E-state index in [0.717, 1.165) is 11.3 Å². The monoisotopic (exact) mass is 202 g/mol. The van der Waals surface area contributed by atoms with E-state index in [2.05, 4.69) is 37.2 Å². The van der Waals surface area contributed by atoms with Crippen molar-refractivity contribution in [2.75, 3.05) is 0 Å². The van der Waals surface area contributed by atoms with Crippen LogP contribution in [-0.2, 0) is 6.54 Å². The highest BCUT2D eigenvalue weighted by Crippen LogP contribution is 2.23. The lowest BCUT2D eigenvalue weighted by Crippen LogP contribution is -1.92. The highest BCUT2D eigenvalue weighted by molar-refractivity contribution is 5.63. The fourth-order valence-electron chi connectivity index (χ4n) is 1.64. The van der Waals surface area contributed by atoms with Crippen LogP contribution in [0.25, 0.3) is 11.3 Å². The highest BCUT2D eigenvalue weighted by atomic mass is 16.5. The zero-order chi connectivity index (χ0) is 10.8. The van der Waals surface area contributed by atoms with Gasteiger partial charge in [-0.1, -0.05) is 28.9 Å². The molecule has 0 radical (unpaired) electrons. The Morgan fingerprint density at radius 1 is 1.27 bits per heavy atom. The SMILES string of the molecule is Cc1ccc(-c2cc(CN)on2)c(C)c1. The van der Waals surface area contributed by atoms with E-state index < -0.39 is 0 Å². The second-order valence-corrected chi connectivity index (χ2v) is 3.70. The Morgan fingerprint density at radius 2 is 2.07 bits per heavy atom.